The largest absolute Gasteiger partial charge is 0.493 e. The Bertz CT molecular complexity index is 2050. The fourth-order valence-electron chi connectivity index (χ4n) is 6.04. The van der Waals surface area contributed by atoms with Gasteiger partial charge in [0.1, 0.15) is 0 Å². The number of methoxy groups -OCH3 is 1. The first-order valence-corrected chi connectivity index (χ1v) is 17.3. The lowest BCUT2D eigenvalue weighted by Crippen LogP contribution is -2.40. The van der Waals surface area contributed by atoms with Gasteiger partial charge >= 0.3 is 12.0 Å². The molecule has 3 aliphatic heterocycles. The SMILES string of the molecule is CCOC(=O)C1=C(C)N=c2s/c(=C/c3ccc(Oc4nc(N5CCOCC5)nc(N5CCOCC5)n4)c(OC)c3)c(=O)n2[C@H]1c1ccccc1. The smallest absolute Gasteiger partial charge is 0.338 e. The number of nitrogens with zero attached hydrogens (tertiary/aromatic N) is 7. The predicted octanol–water partition coefficient (Wildman–Crippen LogP) is 2.46. The molecule has 2 aromatic heterocycles. The Balaban J connectivity index is 1.23. The molecule has 2 aromatic carbocycles. The second-order valence-electron chi connectivity index (χ2n) is 11.6. The van der Waals surface area contributed by atoms with Crippen molar-refractivity contribution >= 4 is 35.3 Å². The van der Waals surface area contributed by atoms with E-state index in [0.29, 0.717) is 102 Å². The van der Waals surface area contributed by atoms with Crippen LogP contribution in [-0.2, 0) is 19.0 Å². The average Bonchev–Trinajstić information content (AvgIpc) is 3.45. The van der Waals surface area contributed by atoms with E-state index in [2.05, 4.69) is 24.8 Å². The van der Waals surface area contributed by atoms with Crippen molar-refractivity contribution in [3.05, 3.63) is 90.6 Å². The number of hydrogen-bond donors (Lipinski definition) is 0. The number of aromatic nitrogens is 4. The topological polar surface area (TPSA) is 143 Å². The third-order valence-corrected chi connectivity index (χ3v) is 9.48. The lowest BCUT2D eigenvalue weighted by molar-refractivity contribution is -0.139. The van der Waals surface area contributed by atoms with Gasteiger partial charge in [-0.15, -0.1) is 0 Å². The number of benzene rings is 2. The normalized spacial score (nSPS) is 18.1. The first kappa shape index (κ1) is 33.4. The number of carbonyl (C=O) groups excluding carboxylic acids is 1. The quantitative estimate of drug-likeness (QED) is 0.237. The van der Waals surface area contributed by atoms with Crippen molar-refractivity contribution in [3.8, 4) is 17.5 Å². The van der Waals surface area contributed by atoms with Crippen molar-refractivity contribution in [1.82, 2.24) is 19.5 Å². The van der Waals surface area contributed by atoms with E-state index in [1.807, 2.05) is 36.4 Å². The van der Waals surface area contributed by atoms with Crippen molar-refractivity contribution in [2.24, 2.45) is 4.99 Å². The standard InChI is InChI=1S/C35H37N7O7S/c1-4-48-31(44)28-22(2)36-35-42(29(28)24-8-6-5-7-9-24)30(43)27(50-35)21-23-10-11-25(26(20-23)45-3)49-34-38-32(40-12-16-46-17-13-40)37-33(39-34)41-14-18-47-19-15-41/h5-11,20-21,29H,4,12-19H2,1-3H3/b27-21+/t29-/m0/s1. The molecule has 1 atom stereocenters. The van der Waals surface area contributed by atoms with Crippen LogP contribution in [0.4, 0.5) is 11.9 Å². The van der Waals surface area contributed by atoms with Crippen LogP contribution in [0.5, 0.6) is 17.5 Å². The predicted molar refractivity (Wildman–Crippen MR) is 186 cm³/mol. The van der Waals surface area contributed by atoms with Crippen LogP contribution in [0.25, 0.3) is 6.08 Å². The van der Waals surface area contributed by atoms with Crippen LogP contribution in [0.15, 0.2) is 69.6 Å². The highest BCUT2D eigenvalue weighted by Crippen LogP contribution is 2.33. The zero-order valence-electron chi connectivity index (χ0n) is 28.0. The van der Waals surface area contributed by atoms with Gasteiger partial charge < -0.3 is 33.5 Å². The third kappa shape index (κ3) is 6.84. The Morgan fingerprint density at radius 1 is 0.940 bits per heavy atom. The molecule has 0 unspecified atom stereocenters. The number of rotatable bonds is 9. The van der Waals surface area contributed by atoms with E-state index in [1.165, 1.54) is 11.3 Å². The zero-order chi connectivity index (χ0) is 34.6. The molecule has 0 bridgehead atoms. The van der Waals surface area contributed by atoms with Gasteiger partial charge in [0.05, 0.1) is 62.0 Å². The van der Waals surface area contributed by atoms with Crippen LogP contribution in [0.1, 0.15) is 31.0 Å². The van der Waals surface area contributed by atoms with E-state index in [1.54, 1.807) is 43.7 Å². The van der Waals surface area contributed by atoms with Crippen molar-refractivity contribution in [2.75, 3.05) is 76.1 Å². The van der Waals surface area contributed by atoms with Crippen LogP contribution in [0.2, 0.25) is 0 Å². The van der Waals surface area contributed by atoms with Crippen molar-refractivity contribution < 1.29 is 28.5 Å². The number of anilines is 2. The highest BCUT2D eigenvalue weighted by atomic mass is 32.1. The Hall–Kier alpha value is -5.12. The minimum absolute atomic E-state index is 0.135. The monoisotopic (exact) mass is 699 g/mol. The summed E-state index contributed by atoms with van der Waals surface area (Å²) in [5.74, 6) is 1.36. The van der Waals surface area contributed by atoms with E-state index < -0.39 is 12.0 Å². The third-order valence-electron chi connectivity index (χ3n) is 8.50. The molecule has 260 valence electrons. The minimum Gasteiger partial charge on any atom is -0.493 e. The molecule has 0 spiro atoms. The Morgan fingerprint density at radius 3 is 2.22 bits per heavy atom. The molecule has 3 aliphatic rings. The molecule has 0 N–H and O–H groups in total. The maximum absolute atomic E-state index is 14.0. The highest BCUT2D eigenvalue weighted by molar-refractivity contribution is 7.07. The van der Waals surface area contributed by atoms with Gasteiger partial charge in [0.25, 0.3) is 5.56 Å². The van der Waals surface area contributed by atoms with Gasteiger partial charge in [-0.05, 0) is 43.2 Å². The molecule has 0 aliphatic carbocycles. The van der Waals surface area contributed by atoms with E-state index >= 15 is 0 Å². The van der Waals surface area contributed by atoms with Gasteiger partial charge in [-0.1, -0.05) is 47.7 Å². The fourth-order valence-corrected chi connectivity index (χ4v) is 7.09. The summed E-state index contributed by atoms with van der Waals surface area (Å²) in [5, 5.41) is 0. The number of esters is 1. The average molecular weight is 700 g/mol. The molecular weight excluding hydrogens is 662 g/mol. The Labute approximate surface area is 291 Å². The first-order chi connectivity index (χ1) is 24.4. The Kier molecular flexibility index (Phi) is 9.87. The summed E-state index contributed by atoms with van der Waals surface area (Å²) in [4.78, 5) is 50.5. The summed E-state index contributed by atoms with van der Waals surface area (Å²) in [7, 11) is 1.55. The number of fused-ring (bicyclic) bond motifs is 1. The molecule has 2 saturated heterocycles. The van der Waals surface area contributed by atoms with Crippen LogP contribution in [0.3, 0.4) is 0 Å². The molecule has 4 aromatic rings. The lowest BCUT2D eigenvalue weighted by atomic mass is 9.96. The number of allylic oxidation sites excluding steroid dienone is 1. The number of thiazole rings is 1. The molecule has 0 saturated carbocycles. The van der Waals surface area contributed by atoms with Gasteiger partial charge in [0.15, 0.2) is 16.3 Å². The summed E-state index contributed by atoms with van der Waals surface area (Å²) < 4.78 is 30.4. The Morgan fingerprint density at radius 2 is 1.60 bits per heavy atom. The van der Waals surface area contributed by atoms with E-state index in [0.717, 1.165) is 5.56 Å². The van der Waals surface area contributed by atoms with Gasteiger partial charge in [-0.25, -0.2) is 9.79 Å². The summed E-state index contributed by atoms with van der Waals surface area (Å²) in [6.07, 6.45) is 1.78. The minimum atomic E-state index is -0.677. The molecular formula is C35H37N7O7S. The van der Waals surface area contributed by atoms with Crippen LogP contribution in [0, 0.1) is 0 Å². The summed E-state index contributed by atoms with van der Waals surface area (Å²) in [6, 6.07) is 14.3. The molecule has 14 nitrogen and oxygen atoms in total. The molecule has 5 heterocycles. The second kappa shape index (κ2) is 14.8. The van der Waals surface area contributed by atoms with Gasteiger partial charge in [0, 0.05) is 26.2 Å². The molecule has 7 rings (SSSR count). The van der Waals surface area contributed by atoms with Gasteiger partial charge in [0.2, 0.25) is 11.9 Å². The van der Waals surface area contributed by atoms with Crippen molar-refractivity contribution in [1.29, 1.82) is 0 Å². The first-order valence-electron chi connectivity index (χ1n) is 16.5. The van der Waals surface area contributed by atoms with Gasteiger partial charge in [-0.3, -0.25) is 9.36 Å². The van der Waals surface area contributed by atoms with E-state index in [-0.39, 0.29) is 18.2 Å². The molecule has 0 radical (unpaired) electrons. The van der Waals surface area contributed by atoms with E-state index in [9.17, 15) is 9.59 Å². The molecule has 50 heavy (non-hydrogen) atoms. The maximum Gasteiger partial charge on any atom is 0.338 e. The second-order valence-corrected chi connectivity index (χ2v) is 12.7. The van der Waals surface area contributed by atoms with Crippen molar-refractivity contribution in [3.63, 3.8) is 0 Å². The van der Waals surface area contributed by atoms with E-state index in [4.69, 9.17) is 28.7 Å². The van der Waals surface area contributed by atoms with Crippen LogP contribution >= 0.6 is 11.3 Å². The number of morpholine rings is 2. The molecule has 15 heteroatoms. The molecule has 2 fully saturated rings. The summed E-state index contributed by atoms with van der Waals surface area (Å²) in [5.41, 5.74) is 2.07. The lowest BCUT2D eigenvalue weighted by Gasteiger charge is -2.30. The summed E-state index contributed by atoms with van der Waals surface area (Å²) in [6.45, 7) is 8.70. The van der Waals surface area contributed by atoms with Crippen LogP contribution in [-0.4, -0.2) is 91.8 Å². The zero-order valence-corrected chi connectivity index (χ0v) is 28.9. The summed E-state index contributed by atoms with van der Waals surface area (Å²) >= 11 is 1.25. The fraction of sp³-hybridized carbons (Fsp3) is 0.371. The number of ether oxygens (including phenoxy) is 5. The number of carbonyl (C=O) groups is 1. The highest BCUT2D eigenvalue weighted by Gasteiger charge is 2.33. The van der Waals surface area contributed by atoms with Crippen molar-refractivity contribution in [2.45, 2.75) is 19.9 Å². The van der Waals surface area contributed by atoms with Crippen LogP contribution < -0.4 is 34.2 Å². The maximum atomic E-state index is 14.0. The van der Waals surface area contributed by atoms with Gasteiger partial charge in [-0.2, -0.15) is 15.0 Å². The molecule has 0 amide bonds. The number of hydrogen-bond acceptors (Lipinski definition) is 14.